The van der Waals surface area contributed by atoms with Crippen LogP contribution in [-0.2, 0) is 10.0 Å². The van der Waals surface area contributed by atoms with Crippen LogP contribution in [0.2, 0.25) is 0 Å². The monoisotopic (exact) mass is 292 g/mol. The lowest BCUT2D eigenvalue weighted by Gasteiger charge is -2.24. The SMILES string of the molecule is CC(C1CC1)N(C)S(=O)(=O)c1ccc(C#CCN)cc1. The zero-order valence-corrected chi connectivity index (χ0v) is 12.7. The maximum atomic E-state index is 12.5. The van der Waals surface area contributed by atoms with Crippen LogP contribution in [0.3, 0.4) is 0 Å². The zero-order valence-electron chi connectivity index (χ0n) is 11.8. The molecule has 1 aromatic carbocycles. The average Bonchev–Trinajstić information content (AvgIpc) is 3.28. The number of hydrogen-bond donors (Lipinski definition) is 1. The van der Waals surface area contributed by atoms with E-state index in [2.05, 4.69) is 11.8 Å². The fourth-order valence-electron chi connectivity index (χ4n) is 2.12. The van der Waals surface area contributed by atoms with Gasteiger partial charge in [0.1, 0.15) is 0 Å². The third-order valence-electron chi connectivity index (χ3n) is 3.74. The van der Waals surface area contributed by atoms with Gasteiger partial charge < -0.3 is 5.73 Å². The van der Waals surface area contributed by atoms with Crippen molar-refractivity contribution in [2.45, 2.75) is 30.7 Å². The second kappa shape index (κ2) is 5.96. The van der Waals surface area contributed by atoms with Gasteiger partial charge in [0.15, 0.2) is 0 Å². The standard InChI is InChI=1S/C15H20N2O2S/c1-12(14-7-8-14)17(2)20(18,19)15-9-5-13(6-10-15)4-3-11-16/h5-6,9-10,12,14H,7-8,11,16H2,1-2H3. The number of nitrogens with zero attached hydrogens (tertiary/aromatic N) is 1. The summed E-state index contributed by atoms with van der Waals surface area (Å²) < 4.78 is 26.5. The van der Waals surface area contributed by atoms with Gasteiger partial charge in [-0.25, -0.2) is 8.42 Å². The van der Waals surface area contributed by atoms with Crippen molar-refractivity contribution < 1.29 is 8.42 Å². The summed E-state index contributed by atoms with van der Waals surface area (Å²) in [7, 11) is -1.77. The number of rotatable bonds is 4. The van der Waals surface area contributed by atoms with E-state index in [-0.39, 0.29) is 6.04 Å². The van der Waals surface area contributed by atoms with Gasteiger partial charge in [-0.05, 0) is 49.9 Å². The Morgan fingerprint density at radius 2 is 1.95 bits per heavy atom. The highest BCUT2D eigenvalue weighted by atomic mass is 32.2. The lowest BCUT2D eigenvalue weighted by atomic mass is 10.2. The average molecular weight is 292 g/mol. The minimum absolute atomic E-state index is 0.0525. The highest BCUT2D eigenvalue weighted by molar-refractivity contribution is 7.89. The summed E-state index contributed by atoms with van der Waals surface area (Å²) in [6.07, 6.45) is 2.24. The lowest BCUT2D eigenvalue weighted by Crippen LogP contribution is -2.36. The second-order valence-electron chi connectivity index (χ2n) is 5.13. The van der Waals surface area contributed by atoms with Gasteiger partial charge in [-0.3, -0.25) is 0 Å². The van der Waals surface area contributed by atoms with Crippen molar-refractivity contribution in [2.75, 3.05) is 13.6 Å². The molecule has 0 amide bonds. The molecule has 1 aromatic rings. The Balaban J connectivity index is 2.20. The summed E-state index contributed by atoms with van der Waals surface area (Å²) in [6, 6.07) is 6.69. The van der Waals surface area contributed by atoms with E-state index < -0.39 is 10.0 Å². The van der Waals surface area contributed by atoms with Gasteiger partial charge in [0, 0.05) is 18.7 Å². The van der Waals surface area contributed by atoms with E-state index in [0.717, 1.165) is 18.4 Å². The second-order valence-corrected chi connectivity index (χ2v) is 7.13. The molecular formula is C15H20N2O2S. The van der Waals surface area contributed by atoms with Crippen LogP contribution in [0.25, 0.3) is 0 Å². The molecule has 0 spiro atoms. The van der Waals surface area contributed by atoms with Crippen LogP contribution in [0.1, 0.15) is 25.3 Å². The Labute approximate surface area is 121 Å². The summed E-state index contributed by atoms with van der Waals surface area (Å²) in [5.74, 6) is 6.13. The van der Waals surface area contributed by atoms with E-state index in [0.29, 0.717) is 17.4 Å². The molecule has 2 N–H and O–H groups in total. The maximum absolute atomic E-state index is 12.5. The van der Waals surface area contributed by atoms with Gasteiger partial charge in [0.05, 0.1) is 11.4 Å². The predicted octanol–water partition coefficient (Wildman–Crippen LogP) is 1.42. The van der Waals surface area contributed by atoms with E-state index in [1.165, 1.54) is 4.31 Å². The Kier molecular flexibility index (Phi) is 4.48. The van der Waals surface area contributed by atoms with Crippen molar-refractivity contribution in [3.05, 3.63) is 29.8 Å². The summed E-state index contributed by atoms with van der Waals surface area (Å²) in [6.45, 7) is 2.26. The highest BCUT2D eigenvalue weighted by Crippen LogP contribution is 2.36. The van der Waals surface area contributed by atoms with Gasteiger partial charge >= 0.3 is 0 Å². The van der Waals surface area contributed by atoms with Gasteiger partial charge in [-0.1, -0.05) is 11.8 Å². The zero-order chi connectivity index (χ0) is 14.8. The van der Waals surface area contributed by atoms with Crippen molar-refractivity contribution in [3.8, 4) is 11.8 Å². The molecule has 1 aliphatic carbocycles. The van der Waals surface area contributed by atoms with Crippen LogP contribution < -0.4 is 5.73 Å². The number of sulfonamides is 1. The van der Waals surface area contributed by atoms with Crippen molar-refractivity contribution in [3.63, 3.8) is 0 Å². The summed E-state index contributed by atoms with van der Waals surface area (Å²) in [5.41, 5.74) is 6.08. The summed E-state index contributed by atoms with van der Waals surface area (Å²) >= 11 is 0. The first kappa shape index (κ1) is 15.0. The van der Waals surface area contributed by atoms with E-state index >= 15 is 0 Å². The van der Waals surface area contributed by atoms with Crippen LogP contribution in [0.5, 0.6) is 0 Å². The van der Waals surface area contributed by atoms with Crippen molar-refractivity contribution in [1.82, 2.24) is 4.31 Å². The third-order valence-corrected chi connectivity index (χ3v) is 5.70. The van der Waals surface area contributed by atoms with Crippen LogP contribution in [0.15, 0.2) is 29.2 Å². The molecule has 1 unspecified atom stereocenters. The lowest BCUT2D eigenvalue weighted by molar-refractivity contribution is 0.357. The van der Waals surface area contributed by atoms with E-state index in [1.807, 2.05) is 6.92 Å². The fourth-order valence-corrected chi connectivity index (χ4v) is 3.55. The molecule has 0 bridgehead atoms. The Morgan fingerprint density at radius 3 is 2.45 bits per heavy atom. The predicted molar refractivity (Wildman–Crippen MR) is 79.5 cm³/mol. The number of benzene rings is 1. The van der Waals surface area contributed by atoms with Gasteiger partial charge in [-0.15, -0.1) is 0 Å². The minimum atomic E-state index is -3.42. The molecule has 4 nitrogen and oxygen atoms in total. The molecule has 1 atom stereocenters. The van der Waals surface area contributed by atoms with Gasteiger partial charge in [0.2, 0.25) is 10.0 Å². The van der Waals surface area contributed by atoms with Crippen LogP contribution in [0, 0.1) is 17.8 Å². The molecular weight excluding hydrogens is 272 g/mol. The summed E-state index contributed by atoms with van der Waals surface area (Å²) in [4.78, 5) is 0.311. The van der Waals surface area contributed by atoms with Gasteiger partial charge in [-0.2, -0.15) is 4.31 Å². The highest BCUT2D eigenvalue weighted by Gasteiger charge is 2.35. The molecule has 108 valence electrons. The number of hydrogen-bond acceptors (Lipinski definition) is 3. The molecule has 2 rings (SSSR count). The first-order chi connectivity index (χ1) is 9.46. The van der Waals surface area contributed by atoms with E-state index in [1.54, 1.807) is 31.3 Å². The smallest absolute Gasteiger partial charge is 0.243 e. The van der Waals surface area contributed by atoms with Crippen molar-refractivity contribution in [2.24, 2.45) is 11.7 Å². The third kappa shape index (κ3) is 3.21. The van der Waals surface area contributed by atoms with Crippen molar-refractivity contribution >= 4 is 10.0 Å². The minimum Gasteiger partial charge on any atom is -0.320 e. The molecule has 20 heavy (non-hydrogen) atoms. The van der Waals surface area contributed by atoms with Crippen LogP contribution in [-0.4, -0.2) is 32.4 Å². The van der Waals surface area contributed by atoms with E-state index in [9.17, 15) is 8.42 Å². The van der Waals surface area contributed by atoms with Gasteiger partial charge in [0.25, 0.3) is 0 Å². The topological polar surface area (TPSA) is 63.4 Å². The first-order valence-electron chi connectivity index (χ1n) is 6.74. The maximum Gasteiger partial charge on any atom is 0.243 e. The molecule has 5 heteroatoms. The largest absolute Gasteiger partial charge is 0.320 e. The Hall–Kier alpha value is -1.35. The van der Waals surface area contributed by atoms with Crippen LogP contribution in [0.4, 0.5) is 0 Å². The Bertz CT molecular complexity index is 622. The summed E-state index contributed by atoms with van der Waals surface area (Å²) in [5, 5.41) is 0. The molecule has 0 aromatic heterocycles. The normalized spacial score (nSPS) is 16.6. The molecule has 0 aliphatic heterocycles. The molecule has 0 radical (unpaired) electrons. The van der Waals surface area contributed by atoms with E-state index in [4.69, 9.17) is 5.73 Å². The molecule has 1 saturated carbocycles. The first-order valence-corrected chi connectivity index (χ1v) is 8.18. The Morgan fingerprint density at radius 1 is 1.35 bits per heavy atom. The number of nitrogens with two attached hydrogens (primary N) is 1. The fraction of sp³-hybridized carbons (Fsp3) is 0.467. The molecule has 0 heterocycles. The molecule has 0 saturated heterocycles. The van der Waals surface area contributed by atoms with Crippen LogP contribution >= 0.6 is 0 Å². The molecule has 1 fully saturated rings. The molecule has 1 aliphatic rings. The quantitative estimate of drug-likeness (QED) is 0.854. The van der Waals surface area contributed by atoms with Crippen molar-refractivity contribution in [1.29, 1.82) is 0 Å².